The summed E-state index contributed by atoms with van der Waals surface area (Å²) in [6, 6.07) is 5.44. The number of esters is 1. The van der Waals surface area contributed by atoms with Crippen LogP contribution in [0.1, 0.15) is 41.5 Å². The molecule has 1 N–H and O–H groups in total. The molecule has 0 saturated carbocycles. The van der Waals surface area contributed by atoms with E-state index < -0.39 is 23.7 Å². The molecule has 0 amide bonds. The Kier molecular flexibility index (Phi) is 4.26. The minimum Gasteiger partial charge on any atom is -0.478 e. The van der Waals surface area contributed by atoms with E-state index in [1.807, 2.05) is 0 Å². The number of carbonyl (C=O) groups is 3. The number of aromatic carboxylic acids is 1. The summed E-state index contributed by atoms with van der Waals surface area (Å²) in [7, 11) is 0. The highest BCUT2D eigenvalue weighted by molar-refractivity contribution is 6.04. The molecule has 0 fully saturated rings. The Hall–Kier alpha value is -2.37. The maximum Gasteiger partial charge on any atom is 0.516 e. The molecule has 0 aliphatic carbocycles. The molecule has 1 aromatic carbocycles. The lowest BCUT2D eigenvalue weighted by Gasteiger charge is -2.18. The largest absolute Gasteiger partial charge is 0.516 e. The minimum absolute atomic E-state index is 0.208. The molecule has 1 rings (SSSR count). The van der Waals surface area contributed by atoms with Crippen LogP contribution in [0, 0.1) is 0 Å². The predicted octanol–water partition coefficient (Wildman–Crippen LogP) is 2.48. The number of carboxylic acid groups (broad SMARTS) is 1. The Morgan fingerprint density at radius 1 is 1.05 bits per heavy atom. The van der Waals surface area contributed by atoms with Crippen molar-refractivity contribution < 1.29 is 29.0 Å². The molecule has 0 heterocycles. The second kappa shape index (κ2) is 5.51. The van der Waals surface area contributed by atoms with E-state index >= 15 is 0 Å². The summed E-state index contributed by atoms with van der Waals surface area (Å²) in [5.41, 5.74) is -1.25. The van der Waals surface area contributed by atoms with E-state index in [2.05, 4.69) is 4.74 Å². The lowest BCUT2D eigenvalue weighted by atomic mass is 10.1. The van der Waals surface area contributed by atoms with Gasteiger partial charge in [-0.05, 0) is 32.9 Å². The zero-order valence-electron chi connectivity index (χ0n) is 10.8. The van der Waals surface area contributed by atoms with Gasteiger partial charge < -0.3 is 14.6 Å². The molecule has 0 unspecified atom stereocenters. The average molecular weight is 266 g/mol. The molecule has 1 aromatic rings. The first-order valence-corrected chi connectivity index (χ1v) is 5.48. The zero-order valence-corrected chi connectivity index (χ0v) is 10.8. The first-order valence-electron chi connectivity index (χ1n) is 5.48. The van der Waals surface area contributed by atoms with E-state index in [0.717, 1.165) is 0 Å². The van der Waals surface area contributed by atoms with Crippen molar-refractivity contribution in [2.75, 3.05) is 0 Å². The Balaban J connectivity index is 2.85. The fourth-order valence-corrected chi connectivity index (χ4v) is 1.25. The molecule has 0 bridgehead atoms. The van der Waals surface area contributed by atoms with E-state index in [0.29, 0.717) is 0 Å². The van der Waals surface area contributed by atoms with Gasteiger partial charge in [0.1, 0.15) is 5.60 Å². The lowest BCUT2D eigenvalue weighted by molar-refractivity contribution is -0.00174. The SMILES string of the molecule is CC(C)(C)OC(=O)OC(=O)c1ccccc1C(=O)O. The third-order valence-electron chi connectivity index (χ3n) is 1.94. The van der Waals surface area contributed by atoms with Gasteiger partial charge in [-0.25, -0.2) is 14.4 Å². The number of hydrogen-bond donors (Lipinski definition) is 1. The Bertz CT molecular complexity index is 512. The highest BCUT2D eigenvalue weighted by Crippen LogP contribution is 2.13. The molecular weight excluding hydrogens is 252 g/mol. The fourth-order valence-electron chi connectivity index (χ4n) is 1.25. The van der Waals surface area contributed by atoms with E-state index in [1.165, 1.54) is 24.3 Å². The molecule has 0 spiro atoms. The van der Waals surface area contributed by atoms with E-state index in [9.17, 15) is 14.4 Å². The fraction of sp³-hybridized carbons (Fsp3) is 0.308. The zero-order chi connectivity index (χ0) is 14.6. The lowest BCUT2D eigenvalue weighted by Crippen LogP contribution is -2.26. The van der Waals surface area contributed by atoms with Gasteiger partial charge in [0.05, 0.1) is 11.1 Å². The summed E-state index contributed by atoms with van der Waals surface area (Å²) >= 11 is 0. The van der Waals surface area contributed by atoms with Crippen molar-refractivity contribution in [2.24, 2.45) is 0 Å². The predicted molar refractivity (Wildman–Crippen MR) is 65.1 cm³/mol. The van der Waals surface area contributed by atoms with Crippen LogP contribution in [0.5, 0.6) is 0 Å². The van der Waals surface area contributed by atoms with Crippen LogP contribution in [0.15, 0.2) is 24.3 Å². The quantitative estimate of drug-likeness (QED) is 0.653. The van der Waals surface area contributed by atoms with Crippen molar-refractivity contribution in [2.45, 2.75) is 26.4 Å². The Labute approximate surface area is 109 Å². The third kappa shape index (κ3) is 4.42. The summed E-state index contributed by atoms with van der Waals surface area (Å²) in [5, 5.41) is 8.91. The van der Waals surface area contributed by atoms with Crippen LogP contribution in [-0.2, 0) is 9.47 Å². The Morgan fingerprint density at radius 2 is 1.58 bits per heavy atom. The monoisotopic (exact) mass is 266 g/mol. The highest BCUT2D eigenvalue weighted by Gasteiger charge is 2.23. The van der Waals surface area contributed by atoms with Crippen LogP contribution in [0.25, 0.3) is 0 Å². The number of rotatable bonds is 2. The van der Waals surface area contributed by atoms with Crippen LogP contribution in [0.2, 0.25) is 0 Å². The van der Waals surface area contributed by atoms with Gasteiger partial charge in [0.2, 0.25) is 0 Å². The van der Waals surface area contributed by atoms with Gasteiger partial charge in [-0.3, -0.25) is 0 Å². The maximum absolute atomic E-state index is 11.7. The number of hydrogen-bond acceptors (Lipinski definition) is 5. The summed E-state index contributed by atoms with van der Waals surface area (Å²) in [6.07, 6.45) is -1.17. The van der Waals surface area contributed by atoms with Gasteiger partial charge in [-0.1, -0.05) is 12.1 Å². The second-order valence-electron chi connectivity index (χ2n) is 4.70. The Morgan fingerprint density at radius 3 is 2.05 bits per heavy atom. The van der Waals surface area contributed by atoms with E-state index in [4.69, 9.17) is 9.84 Å². The summed E-state index contributed by atoms with van der Waals surface area (Å²) in [4.78, 5) is 33.9. The van der Waals surface area contributed by atoms with Crippen molar-refractivity contribution in [3.8, 4) is 0 Å². The number of ether oxygens (including phenoxy) is 2. The molecule has 6 heteroatoms. The molecule has 19 heavy (non-hydrogen) atoms. The van der Waals surface area contributed by atoms with E-state index in [1.54, 1.807) is 20.8 Å². The smallest absolute Gasteiger partial charge is 0.478 e. The van der Waals surface area contributed by atoms with Crippen molar-refractivity contribution >= 4 is 18.1 Å². The maximum atomic E-state index is 11.7. The second-order valence-corrected chi connectivity index (χ2v) is 4.70. The van der Waals surface area contributed by atoms with Crippen molar-refractivity contribution in [1.29, 1.82) is 0 Å². The topological polar surface area (TPSA) is 89.9 Å². The van der Waals surface area contributed by atoms with Gasteiger partial charge in [-0.2, -0.15) is 0 Å². The highest BCUT2D eigenvalue weighted by atomic mass is 16.7. The molecule has 0 aliphatic rings. The molecule has 0 radical (unpaired) electrons. The average Bonchev–Trinajstić information content (AvgIpc) is 2.26. The summed E-state index contributed by atoms with van der Waals surface area (Å²) < 4.78 is 9.24. The minimum atomic E-state index is -1.28. The molecule has 102 valence electrons. The number of benzene rings is 1. The van der Waals surface area contributed by atoms with Crippen LogP contribution in [0.4, 0.5) is 4.79 Å². The van der Waals surface area contributed by atoms with Crippen LogP contribution < -0.4 is 0 Å². The molecular formula is C13H14O6. The standard InChI is InChI=1S/C13H14O6/c1-13(2,3)19-12(17)18-11(16)9-7-5-4-6-8(9)10(14)15/h4-7H,1-3H3,(H,14,15). The van der Waals surface area contributed by atoms with Crippen LogP contribution in [0.3, 0.4) is 0 Å². The van der Waals surface area contributed by atoms with E-state index in [-0.39, 0.29) is 11.1 Å². The molecule has 0 aromatic heterocycles. The summed E-state index contributed by atoms with van der Waals surface area (Å²) in [6.45, 7) is 4.85. The van der Waals surface area contributed by atoms with Crippen LogP contribution in [-0.4, -0.2) is 28.8 Å². The summed E-state index contributed by atoms with van der Waals surface area (Å²) in [5.74, 6) is -2.34. The van der Waals surface area contributed by atoms with Gasteiger partial charge in [0.15, 0.2) is 0 Å². The molecule has 0 saturated heterocycles. The molecule has 6 nitrogen and oxygen atoms in total. The van der Waals surface area contributed by atoms with Gasteiger partial charge in [-0.15, -0.1) is 0 Å². The normalized spacial score (nSPS) is 10.7. The van der Waals surface area contributed by atoms with Crippen LogP contribution >= 0.6 is 0 Å². The third-order valence-corrected chi connectivity index (χ3v) is 1.94. The molecule has 0 aliphatic heterocycles. The first kappa shape index (κ1) is 14.7. The van der Waals surface area contributed by atoms with Gasteiger partial charge in [0.25, 0.3) is 0 Å². The van der Waals surface area contributed by atoms with Gasteiger partial charge >= 0.3 is 18.1 Å². The van der Waals surface area contributed by atoms with Gasteiger partial charge in [0, 0.05) is 0 Å². The van der Waals surface area contributed by atoms with Crippen molar-refractivity contribution in [3.63, 3.8) is 0 Å². The molecule has 0 atom stereocenters. The number of carbonyl (C=O) groups excluding carboxylic acids is 2. The number of carboxylic acids is 1. The van der Waals surface area contributed by atoms with Crippen molar-refractivity contribution in [1.82, 2.24) is 0 Å². The van der Waals surface area contributed by atoms with Crippen molar-refractivity contribution in [3.05, 3.63) is 35.4 Å². The first-order chi connectivity index (χ1) is 8.70.